The summed E-state index contributed by atoms with van der Waals surface area (Å²) < 4.78 is 0. The maximum Gasteiger partial charge on any atom is 0.309 e. The fourth-order valence-electron chi connectivity index (χ4n) is 11.0. The highest BCUT2D eigenvalue weighted by Crippen LogP contribution is 2.73. The molecule has 5 heteroatoms. The van der Waals surface area contributed by atoms with Crippen molar-refractivity contribution in [2.45, 2.75) is 118 Å². The van der Waals surface area contributed by atoms with E-state index in [1.54, 1.807) is 0 Å². The lowest BCUT2D eigenvalue weighted by Gasteiger charge is -2.67. The normalized spacial score (nSPS) is 53.4. The molecule has 0 bridgehead atoms. The average molecular weight is 491 g/mol. The van der Waals surface area contributed by atoms with Crippen molar-refractivity contribution >= 4 is 11.8 Å². The van der Waals surface area contributed by atoms with Crippen LogP contribution in [0.5, 0.6) is 0 Å². The van der Waals surface area contributed by atoms with Crippen molar-refractivity contribution in [1.29, 1.82) is 0 Å². The predicted octanol–water partition coefficient (Wildman–Crippen LogP) is 5.71. The number of ketones is 1. The highest BCUT2D eigenvalue weighted by atomic mass is 16.4. The third kappa shape index (κ3) is 3.60. The molecule has 0 spiro atoms. The highest BCUT2D eigenvalue weighted by Gasteiger charge is 2.68. The Morgan fingerprint density at radius 2 is 1.71 bits per heavy atom. The van der Waals surface area contributed by atoms with Gasteiger partial charge in [-0.2, -0.15) is 0 Å². The van der Waals surface area contributed by atoms with E-state index in [0.717, 1.165) is 32.1 Å². The van der Waals surface area contributed by atoms with Crippen LogP contribution in [0.4, 0.5) is 0 Å². The number of carboxylic acid groups (broad SMARTS) is 1. The van der Waals surface area contributed by atoms with Gasteiger partial charge in [0.2, 0.25) is 0 Å². The van der Waals surface area contributed by atoms with Crippen LogP contribution in [-0.2, 0) is 9.59 Å². The van der Waals surface area contributed by atoms with Crippen LogP contribution in [0.25, 0.3) is 0 Å². The maximum atomic E-state index is 12.9. The smallest absolute Gasteiger partial charge is 0.309 e. The van der Waals surface area contributed by atoms with E-state index in [9.17, 15) is 24.9 Å². The fraction of sp³-hybridized carbons (Fsp3) is 0.933. The zero-order valence-corrected chi connectivity index (χ0v) is 23.1. The summed E-state index contributed by atoms with van der Waals surface area (Å²) in [5.41, 5.74) is -0.960. The Bertz CT molecular complexity index is 854. The van der Waals surface area contributed by atoms with Gasteiger partial charge in [0.15, 0.2) is 0 Å². The molecule has 0 aromatic rings. The molecule has 5 nitrogen and oxygen atoms in total. The van der Waals surface area contributed by atoms with Gasteiger partial charge in [-0.1, -0.05) is 48.0 Å². The summed E-state index contributed by atoms with van der Waals surface area (Å²) in [7, 11) is 0. The standard InChI is InChI=1S/C30H50O5/c1-8-24-27(5)16-20(32)15-23(33)17(2)22(27)10-11-29(24,7)28(6)13-14-30(26(34)35)12-9-21(19(4)31)25(30)18(28)3/h17-22,24-25,31-32H,8-16H2,1-7H3,(H,34,35). The van der Waals surface area contributed by atoms with Gasteiger partial charge in [0, 0.05) is 12.3 Å². The van der Waals surface area contributed by atoms with Crippen molar-refractivity contribution in [3.05, 3.63) is 0 Å². The van der Waals surface area contributed by atoms with Crippen LogP contribution in [-0.4, -0.2) is 39.3 Å². The number of carboxylic acids is 1. The van der Waals surface area contributed by atoms with Crippen molar-refractivity contribution in [3.63, 3.8) is 0 Å². The Hall–Kier alpha value is -0.940. The summed E-state index contributed by atoms with van der Waals surface area (Å²) in [6.07, 6.45) is 5.89. The number of hydrogen-bond donors (Lipinski definition) is 3. The van der Waals surface area contributed by atoms with E-state index in [0.29, 0.717) is 25.2 Å². The van der Waals surface area contributed by atoms with Gasteiger partial charge < -0.3 is 15.3 Å². The molecule has 0 saturated heterocycles. The molecule has 12 unspecified atom stereocenters. The van der Waals surface area contributed by atoms with E-state index < -0.39 is 23.6 Å². The predicted molar refractivity (Wildman–Crippen MR) is 137 cm³/mol. The maximum absolute atomic E-state index is 12.9. The molecule has 200 valence electrons. The molecule has 4 fully saturated rings. The molecular weight excluding hydrogens is 440 g/mol. The molecular formula is C30H50O5. The van der Waals surface area contributed by atoms with E-state index in [1.165, 1.54) is 0 Å². The number of carbonyl (C=O) groups is 2. The second kappa shape index (κ2) is 8.82. The zero-order chi connectivity index (χ0) is 26.1. The van der Waals surface area contributed by atoms with Crippen molar-refractivity contribution in [1.82, 2.24) is 0 Å². The number of aliphatic hydroxyl groups is 2. The molecule has 0 aliphatic heterocycles. The number of carbonyl (C=O) groups excluding carboxylic acids is 1. The summed E-state index contributed by atoms with van der Waals surface area (Å²) in [5.74, 6) is 0.290. The summed E-state index contributed by atoms with van der Waals surface area (Å²) in [5, 5.41) is 32.0. The van der Waals surface area contributed by atoms with Crippen LogP contribution >= 0.6 is 0 Å². The molecule has 35 heavy (non-hydrogen) atoms. The minimum atomic E-state index is -0.723. The Labute approximate surface area is 212 Å². The summed E-state index contributed by atoms with van der Waals surface area (Å²) in [6, 6.07) is 0. The Kier molecular flexibility index (Phi) is 6.83. The lowest BCUT2D eigenvalue weighted by atomic mass is 9.37. The van der Waals surface area contributed by atoms with E-state index >= 15 is 0 Å². The van der Waals surface area contributed by atoms with Gasteiger partial charge >= 0.3 is 5.97 Å². The zero-order valence-electron chi connectivity index (χ0n) is 23.1. The first-order chi connectivity index (χ1) is 16.2. The van der Waals surface area contributed by atoms with Crippen LogP contribution in [0.15, 0.2) is 0 Å². The minimum Gasteiger partial charge on any atom is -0.481 e. The van der Waals surface area contributed by atoms with Gasteiger partial charge in [-0.05, 0) is 97.7 Å². The van der Waals surface area contributed by atoms with Gasteiger partial charge in [0.1, 0.15) is 5.78 Å². The largest absolute Gasteiger partial charge is 0.481 e. The van der Waals surface area contributed by atoms with Crippen molar-refractivity contribution < 1.29 is 24.9 Å². The van der Waals surface area contributed by atoms with Gasteiger partial charge in [-0.25, -0.2) is 0 Å². The number of aliphatic hydroxyl groups excluding tert-OH is 2. The molecule has 3 N–H and O–H groups in total. The van der Waals surface area contributed by atoms with Gasteiger partial charge in [0.05, 0.1) is 17.6 Å². The molecule has 0 heterocycles. The van der Waals surface area contributed by atoms with E-state index in [1.807, 2.05) is 6.92 Å². The topological polar surface area (TPSA) is 94.8 Å². The fourth-order valence-corrected chi connectivity index (χ4v) is 11.0. The number of aliphatic carboxylic acids is 1. The molecule has 0 radical (unpaired) electrons. The van der Waals surface area contributed by atoms with Gasteiger partial charge in [0.25, 0.3) is 0 Å². The second-order valence-corrected chi connectivity index (χ2v) is 14.0. The van der Waals surface area contributed by atoms with Crippen LogP contribution in [0.2, 0.25) is 0 Å². The van der Waals surface area contributed by atoms with Crippen LogP contribution < -0.4 is 0 Å². The van der Waals surface area contributed by atoms with Crippen LogP contribution in [0.1, 0.15) is 106 Å². The van der Waals surface area contributed by atoms with E-state index in [4.69, 9.17) is 0 Å². The molecule has 0 aromatic heterocycles. The van der Waals surface area contributed by atoms with Crippen LogP contribution in [0, 0.1) is 57.2 Å². The monoisotopic (exact) mass is 490 g/mol. The highest BCUT2D eigenvalue weighted by molar-refractivity contribution is 5.82. The first-order valence-electron chi connectivity index (χ1n) is 14.3. The third-order valence-corrected chi connectivity index (χ3v) is 13.0. The molecule has 0 aromatic carbocycles. The lowest BCUT2D eigenvalue weighted by molar-refractivity contribution is -0.202. The molecule has 4 rings (SSSR count). The Morgan fingerprint density at radius 3 is 2.29 bits per heavy atom. The molecule has 4 aliphatic rings. The quantitative estimate of drug-likeness (QED) is 0.469. The second-order valence-electron chi connectivity index (χ2n) is 14.0. The van der Waals surface area contributed by atoms with Crippen molar-refractivity contribution in [2.75, 3.05) is 0 Å². The van der Waals surface area contributed by atoms with Crippen LogP contribution in [0.3, 0.4) is 0 Å². The minimum absolute atomic E-state index is 0.0219. The van der Waals surface area contributed by atoms with Crippen molar-refractivity contribution in [3.8, 4) is 0 Å². The Balaban J connectivity index is 1.78. The summed E-state index contributed by atoms with van der Waals surface area (Å²) >= 11 is 0. The Morgan fingerprint density at radius 1 is 1.06 bits per heavy atom. The number of Topliss-reactive ketones (excluding diaryl/α,β-unsaturated/α-hetero) is 1. The SMILES string of the molecule is CCC1C2(C)CC(O)CC(=O)C(C)C2CCC1(C)C1(C)CCC2(C(=O)O)CCC(C(C)O)C2C1C. The van der Waals surface area contributed by atoms with E-state index in [-0.39, 0.29) is 58.0 Å². The van der Waals surface area contributed by atoms with E-state index in [2.05, 4.69) is 41.5 Å². The third-order valence-electron chi connectivity index (χ3n) is 13.0. The molecule has 0 amide bonds. The molecule has 4 aliphatic carbocycles. The first-order valence-corrected chi connectivity index (χ1v) is 14.3. The summed E-state index contributed by atoms with van der Waals surface area (Å²) in [4.78, 5) is 25.6. The summed E-state index contributed by atoms with van der Waals surface area (Å²) in [6.45, 7) is 15.7. The van der Waals surface area contributed by atoms with Crippen molar-refractivity contribution in [2.24, 2.45) is 57.2 Å². The number of fused-ring (bicyclic) bond motifs is 2. The average Bonchev–Trinajstić information content (AvgIpc) is 3.14. The lowest BCUT2D eigenvalue weighted by Crippen LogP contribution is -2.62. The molecule has 4 saturated carbocycles. The number of rotatable bonds is 4. The molecule has 12 atom stereocenters. The van der Waals surface area contributed by atoms with Gasteiger partial charge in [-0.3, -0.25) is 9.59 Å². The first kappa shape index (κ1) is 27.1. The number of hydrogen-bond acceptors (Lipinski definition) is 4. The van der Waals surface area contributed by atoms with Gasteiger partial charge in [-0.15, -0.1) is 0 Å².